The van der Waals surface area contributed by atoms with E-state index < -0.39 is 71.8 Å². The lowest BCUT2D eigenvalue weighted by atomic mass is 9.83. The summed E-state index contributed by atoms with van der Waals surface area (Å²) < 4.78 is 39.9. The van der Waals surface area contributed by atoms with Gasteiger partial charge in [-0.3, -0.25) is 39.6 Å². The first-order valence-electron chi connectivity index (χ1n) is 17.3. The Morgan fingerprint density at radius 1 is 1.06 bits per heavy atom. The predicted octanol–water partition coefficient (Wildman–Crippen LogP) is -1.27. The first-order chi connectivity index (χ1) is 22.8. The van der Waals surface area contributed by atoms with Gasteiger partial charge in [-0.1, -0.05) is 6.92 Å². The first-order valence-corrected chi connectivity index (χ1v) is 17.8. The van der Waals surface area contributed by atoms with E-state index in [4.69, 9.17) is 11.6 Å². The maximum atomic E-state index is 14.3. The molecule has 0 bridgehead atoms. The summed E-state index contributed by atoms with van der Waals surface area (Å²) in [6.07, 6.45) is -5.01. The molecule has 1 saturated carbocycles. The minimum absolute atomic E-state index is 0.0533. The molecule has 13 nitrogen and oxygen atoms in total. The van der Waals surface area contributed by atoms with E-state index >= 15 is 0 Å². The average molecular weight is 705 g/mol. The van der Waals surface area contributed by atoms with Gasteiger partial charge in [-0.05, 0) is 45.6 Å². The Bertz CT molecular complexity index is 1240. The fourth-order valence-electron chi connectivity index (χ4n) is 8.78. The van der Waals surface area contributed by atoms with E-state index in [0.717, 1.165) is 0 Å². The molecular weight excluding hydrogens is 657 g/mol. The predicted molar refractivity (Wildman–Crippen MR) is 169 cm³/mol. The molecule has 5 saturated heterocycles. The minimum Gasteiger partial charge on any atom is -0.391 e. The van der Waals surface area contributed by atoms with Crippen molar-refractivity contribution >= 4 is 35.1 Å². The lowest BCUT2D eigenvalue weighted by molar-refractivity contribution is -0.182. The summed E-state index contributed by atoms with van der Waals surface area (Å²) >= 11 is 6.36. The van der Waals surface area contributed by atoms with Gasteiger partial charge in [0.05, 0.1) is 48.1 Å². The van der Waals surface area contributed by atoms with E-state index in [0.29, 0.717) is 52.1 Å². The zero-order valence-corrected chi connectivity index (χ0v) is 28.1. The number of carbonyl (C=O) groups excluding carboxylic acids is 4. The summed E-state index contributed by atoms with van der Waals surface area (Å²) in [4.78, 5) is 59.7. The van der Waals surface area contributed by atoms with Gasteiger partial charge < -0.3 is 26.0 Å². The Morgan fingerprint density at radius 3 is 2.46 bits per heavy atom. The lowest BCUT2D eigenvalue weighted by Crippen LogP contribution is -2.81. The Hall–Kier alpha value is -2.08. The molecule has 5 aliphatic heterocycles. The van der Waals surface area contributed by atoms with Crippen LogP contribution in [0.15, 0.2) is 0 Å². The van der Waals surface area contributed by atoms with Crippen molar-refractivity contribution in [2.75, 3.05) is 45.8 Å². The topological polar surface area (TPSA) is 158 Å². The van der Waals surface area contributed by atoms with E-state index in [9.17, 15) is 37.5 Å². The number of alkyl halides is 4. The van der Waals surface area contributed by atoms with Crippen LogP contribution in [-0.4, -0.2) is 155 Å². The summed E-state index contributed by atoms with van der Waals surface area (Å²) in [5.41, 5.74) is 0. The van der Waals surface area contributed by atoms with Crippen molar-refractivity contribution in [2.45, 2.75) is 112 Å². The molecule has 0 radical (unpaired) electrons. The number of aliphatic hydroxyl groups excluding tert-OH is 1. The summed E-state index contributed by atoms with van der Waals surface area (Å²) in [6.45, 7) is 6.31. The lowest BCUT2D eigenvalue weighted by Gasteiger charge is -2.55. The maximum absolute atomic E-state index is 14.3. The normalized spacial score (nSPS) is 41.4. The Morgan fingerprint density at radius 2 is 1.79 bits per heavy atom. The number of piperidine rings is 2. The molecule has 0 aromatic rings. The highest BCUT2D eigenvalue weighted by Crippen LogP contribution is 2.39. The van der Waals surface area contributed by atoms with Crippen LogP contribution in [-0.2, 0) is 19.2 Å². The molecule has 12 atom stereocenters. The van der Waals surface area contributed by atoms with E-state index in [-0.39, 0.29) is 55.5 Å². The average Bonchev–Trinajstić information content (AvgIpc) is 3.42. The van der Waals surface area contributed by atoms with Crippen LogP contribution < -0.4 is 26.6 Å². The van der Waals surface area contributed by atoms with Gasteiger partial charge >= 0.3 is 6.18 Å². The largest absolute Gasteiger partial charge is 0.391 e. The van der Waals surface area contributed by atoms with E-state index in [1.54, 1.807) is 4.90 Å². The van der Waals surface area contributed by atoms with Crippen LogP contribution in [0.5, 0.6) is 0 Å². The highest BCUT2D eigenvalue weighted by atomic mass is 35.5. The van der Waals surface area contributed by atoms with Crippen LogP contribution in [0, 0.1) is 11.8 Å². The van der Waals surface area contributed by atoms with Crippen molar-refractivity contribution in [2.24, 2.45) is 11.8 Å². The van der Waals surface area contributed by atoms with Crippen molar-refractivity contribution in [3.8, 4) is 0 Å². The molecule has 6 N–H and O–H groups in total. The summed E-state index contributed by atoms with van der Waals surface area (Å²) in [6, 6.07) is -3.47. The molecule has 5 heterocycles. The number of nitrogens with one attached hydrogen (secondary N) is 5. The van der Waals surface area contributed by atoms with Crippen molar-refractivity contribution in [3.05, 3.63) is 0 Å². The van der Waals surface area contributed by atoms with Crippen molar-refractivity contribution in [1.29, 1.82) is 0 Å². The van der Waals surface area contributed by atoms with E-state index in [1.807, 2.05) is 18.7 Å². The SMILES string of the molecule is CCC1C(N2CCN(C(=O)C3CCNC(C)C3O)CC2)C(=O)C2NC3CNC(=O)C3NC2N1CC(=O)NC1CCC(C(F)(F)F)CC1Cl. The number of aliphatic hydroxyl groups is 1. The van der Waals surface area contributed by atoms with Crippen LogP contribution in [0.3, 0.4) is 0 Å². The third-order valence-electron chi connectivity index (χ3n) is 11.5. The number of ketones is 1. The van der Waals surface area contributed by atoms with Gasteiger partial charge in [-0.2, -0.15) is 13.2 Å². The van der Waals surface area contributed by atoms with Crippen LogP contribution >= 0.6 is 11.6 Å². The number of rotatable bonds is 6. The summed E-state index contributed by atoms with van der Waals surface area (Å²) in [5, 5.41) is 25.4. The third-order valence-corrected chi connectivity index (χ3v) is 12.0. The fourth-order valence-corrected chi connectivity index (χ4v) is 9.18. The van der Waals surface area contributed by atoms with E-state index in [1.165, 1.54) is 0 Å². The number of amides is 3. The van der Waals surface area contributed by atoms with Gasteiger partial charge in [0.1, 0.15) is 6.04 Å². The summed E-state index contributed by atoms with van der Waals surface area (Å²) in [5.74, 6) is -2.72. The third kappa shape index (κ3) is 6.95. The smallest absolute Gasteiger partial charge is 0.391 e. The molecule has 0 spiro atoms. The molecule has 270 valence electrons. The second kappa shape index (κ2) is 14.3. The fraction of sp³-hybridized carbons (Fsp3) is 0.871. The Kier molecular flexibility index (Phi) is 10.6. The monoisotopic (exact) mass is 704 g/mol. The molecule has 1 aliphatic carbocycles. The Labute approximate surface area is 283 Å². The molecule has 0 aromatic heterocycles. The van der Waals surface area contributed by atoms with Crippen molar-refractivity contribution in [3.63, 3.8) is 0 Å². The summed E-state index contributed by atoms with van der Waals surface area (Å²) in [7, 11) is 0. The highest BCUT2D eigenvalue weighted by Gasteiger charge is 2.56. The van der Waals surface area contributed by atoms with E-state index in [2.05, 4.69) is 31.5 Å². The van der Waals surface area contributed by atoms with Crippen LogP contribution in [0.25, 0.3) is 0 Å². The first kappa shape index (κ1) is 35.7. The van der Waals surface area contributed by atoms with Crippen LogP contribution in [0.1, 0.15) is 46.0 Å². The van der Waals surface area contributed by atoms with Gasteiger partial charge in [0.25, 0.3) is 0 Å². The molecule has 6 aliphatic rings. The number of hydrogen-bond acceptors (Lipinski definition) is 10. The number of hydrogen-bond donors (Lipinski definition) is 6. The highest BCUT2D eigenvalue weighted by molar-refractivity contribution is 6.21. The number of Topliss-reactive ketones (excluding diaryl/α,β-unsaturated/α-hetero) is 1. The molecule has 3 amide bonds. The molecular formula is C31H48ClF3N8O5. The van der Waals surface area contributed by atoms with Gasteiger partial charge in [0.2, 0.25) is 17.7 Å². The maximum Gasteiger partial charge on any atom is 0.391 e. The van der Waals surface area contributed by atoms with Crippen LogP contribution in [0.4, 0.5) is 13.2 Å². The molecule has 6 rings (SSSR count). The number of carbonyl (C=O) groups is 4. The second-order valence-electron chi connectivity index (χ2n) is 14.3. The minimum atomic E-state index is -4.34. The van der Waals surface area contributed by atoms with Crippen LogP contribution in [0.2, 0.25) is 0 Å². The van der Waals surface area contributed by atoms with Gasteiger partial charge in [-0.25, -0.2) is 0 Å². The standard InChI is InChI=1S/C31H48ClF3N8O5/c1-3-21-25(41-8-10-42(11-9-41)30(48)17-6-7-36-15(2)26(17)45)27(46)24-28(40-23-20(39-24)13-37-29(23)47)43(21)14-22(44)38-19-5-4-16(12-18(19)32)31(33,34)35/h15-21,23-26,28,36,39-40,45H,3-14H2,1-2H3,(H,37,47)(H,38,44). The van der Waals surface area contributed by atoms with Gasteiger partial charge in [0, 0.05) is 56.9 Å². The van der Waals surface area contributed by atoms with Gasteiger partial charge in [-0.15, -0.1) is 11.6 Å². The second-order valence-corrected chi connectivity index (χ2v) is 14.9. The molecule has 12 unspecified atom stereocenters. The number of fused-ring (bicyclic) bond motifs is 2. The zero-order valence-electron chi connectivity index (χ0n) is 27.3. The van der Waals surface area contributed by atoms with Gasteiger partial charge in [0.15, 0.2) is 5.78 Å². The molecule has 0 aromatic carbocycles. The molecule has 48 heavy (non-hydrogen) atoms. The number of piperazine rings is 2. The zero-order chi connectivity index (χ0) is 34.5. The Balaban J connectivity index is 1.17. The number of likely N-dealkylation sites (tertiary alicyclic amines) is 1. The number of nitrogens with zero attached hydrogens (tertiary/aromatic N) is 3. The van der Waals surface area contributed by atoms with Crippen molar-refractivity contribution < 1.29 is 37.5 Å². The molecule has 6 fully saturated rings. The molecule has 17 heteroatoms. The van der Waals surface area contributed by atoms with Crippen molar-refractivity contribution in [1.82, 2.24) is 41.3 Å². The quantitative estimate of drug-likeness (QED) is 0.184. The number of halogens is 4.